The van der Waals surface area contributed by atoms with E-state index in [-0.39, 0.29) is 39.9 Å². The normalized spacial score (nSPS) is 8.95. The van der Waals surface area contributed by atoms with E-state index >= 15 is 0 Å². The zero-order valence-corrected chi connectivity index (χ0v) is 13.4. The van der Waals surface area contributed by atoms with E-state index < -0.39 is 23.9 Å². The number of aromatic amines is 1. The number of carbonyl (C=O) groups is 3. The largest absolute Gasteiger partial charge is 4.00 e. The van der Waals surface area contributed by atoms with E-state index in [9.17, 15) is 9.90 Å². The van der Waals surface area contributed by atoms with Gasteiger partial charge in [0.2, 0.25) is 0 Å². The van der Waals surface area contributed by atoms with Crippen LogP contribution in [0.15, 0.2) is 17.9 Å². The van der Waals surface area contributed by atoms with Crippen LogP contribution in [-0.4, -0.2) is 39.1 Å². The molecular weight excluding hydrogens is 511 g/mol. The second-order valence-electron chi connectivity index (χ2n) is 2.86. The van der Waals surface area contributed by atoms with E-state index in [1.54, 1.807) is 0 Å². The summed E-state index contributed by atoms with van der Waals surface area (Å²) in [6, 6.07) is -0.963. The monoisotopic (exact) mass is 519 g/mol. The summed E-state index contributed by atoms with van der Waals surface area (Å²) in [7, 11) is 0. The minimum absolute atomic E-state index is 0. The molecule has 126 valence electrons. The number of carboxylic acids is 3. The first-order chi connectivity index (χ1) is 9.26. The van der Waals surface area contributed by atoms with Crippen molar-refractivity contribution in [3.63, 3.8) is 0 Å². The minimum atomic E-state index is -2.19. The SMILES string of the molecule is NC(Cc1cnc[nH]1)C(=O)[O-].O=C([O-])C(=O)[O-].O=NO.[Cl-].[Pt+4]. The third-order valence-electron chi connectivity index (χ3n) is 1.46. The quantitative estimate of drug-likeness (QED) is 0.194. The van der Waals surface area contributed by atoms with Crippen LogP contribution in [0.3, 0.4) is 0 Å². The summed E-state index contributed by atoms with van der Waals surface area (Å²) in [6.45, 7) is 0. The van der Waals surface area contributed by atoms with Gasteiger partial charge in [-0.15, -0.1) is 4.91 Å². The van der Waals surface area contributed by atoms with Gasteiger partial charge in [0.15, 0.2) is 5.34 Å². The molecule has 1 atom stereocenters. The molecule has 0 aliphatic rings. The van der Waals surface area contributed by atoms with E-state index in [0.29, 0.717) is 5.69 Å². The maximum atomic E-state index is 10.2. The van der Waals surface area contributed by atoms with Crippen LogP contribution >= 0.6 is 0 Å². The Kier molecular flexibility index (Phi) is 21.8. The molecule has 0 saturated carbocycles. The molecule has 1 aromatic heterocycles. The van der Waals surface area contributed by atoms with Gasteiger partial charge in [-0.2, -0.15) is 0 Å². The van der Waals surface area contributed by atoms with Crippen LogP contribution in [0.4, 0.5) is 0 Å². The van der Waals surface area contributed by atoms with Crippen LogP contribution in [-0.2, 0) is 41.9 Å². The number of nitrogens with one attached hydrogen (secondary N) is 1. The third kappa shape index (κ3) is 18.0. The first-order valence-electron chi connectivity index (χ1n) is 4.58. The summed E-state index contributed by atoms with van der Waals surface area (Å²) in [6.07, 6.45) is 3.22. The summed E-state index contributed by atoms with van der Waals surface area (Å²) in [5.74, 6) is -5.62. The second-order valence-corrected chi connectivity index (χ2v) is 2.86. The summed E-state index contributed by atoms with van der Waals surface area (Å²) in [5.41, 5.74) is 5.89. The van der Waals surface area contributed by atoms with Gasteiger partial charge in [-0.05, 0) is 0 Å². The zero-order chi connectivity index (χ0) is 16.1. The van der Waals surface area contributed by atoms with Crippen LogP contribution in [0.1, 0.15) is 5.69 Å². The number of hydrogen-bond donors (Lipinski definition) is 3. The van der Waals surface area contributed by atoms with Crippen LogP contribution < -0.4 is 33.5 Å². The van der Waals surface area contributed by atoms with E-state index in [2.05, 4.69) is 9.97 Å². The fraction of sp³-hybridized carbons (Fsp3) is 0.250. The van der Waals surface area contributed by atoms with Crippen molar-refractivity contribution in [2.45, 2.75) is 12.5 Å². The van der Waals surface area contributed by atoms with Gasteiger partial charge in [0, 0.05) is 24.4 Å². The number of carbonyl (C=O) groups excluding carboxylic acids is 3. The summed E-state index contributed by atoms with van der Waals surface area (Å²) < 4.78 is 0. The molecule has 0 saturated heterocycles. The molecule has 0 aromatic carbocycles. The van der Waals surface area contributed by atoms with Crippen molar-refractivity contribution in [3.05, 3.63) is 23.1 Å². The number of halogens is 1. The molecule has 0 aliphatic carbocycles. The van der Waals surface area contributed by atoms with Gasteiger partial charge < -0.3 is 58.0 Å². The molecule has 0 fully saturated rings. The van der Waals surface area contributed by atoms with Crippen molar-refractivity contribution in [1.82, 2.24) is 9.97 Å². The third-order valence-corrected chi connectivity index (χ3v) is 1.46. The van der Waals surface area contributed by atoms with Gasteiger partial charge in [-0.1, -0.05) is 0 Å². The molecule has 1 rings (SSSR count). The standard InChI is InChI=1S/C6H9N3O2.C2H2O4.ClH.HNO2.Pt/c7-5(6(10)11)1-4-2-8-3-9-4;3-1(4)2(5)6;;2-1-3;/h2-3,5H,1,7H2,(H,8,9)(H,10,11);(H,3,4)(H,5,6);1H;(H,2,3);/q;;;;+4/p-4. The Bertz CT molecular complexity index is 431. The molecule has 4 N–H and O–H groups in total. The van der Waals surface area contributed by atoms with E-state index in [1.165, 1.54) is 17.9 Å². The number of carboxylic acid groups (broad SMARTS) is 3. The molecule has 14 heteroatoms. The molecule has 1 heterocycles. The smallest absolute Gasteiger partial charge is 1.00 e. The van der Waals surface area contributed by atoms with Crippen LogP contribution in [0.5, 0.6) is 0 Å². The molecule has 0 bridgehead atoms. The number of rotatable bonds is 3. The first kappa shape index (κ1) is 28.2. The Morgan fingerprint density at radius 1 is 1.32 bits per heavy atom. The number of imidazole rings is 1. The number of nitrogens with zero attached hydrogens (tertiary/aromatic N) is 2. The Morgan fingerprint density at radius 2 is 1.73 bits per heavy atom. The maximum Gasteiger partial charge on any atom is 4.00 e. The van der Waals surface area contributed by atoms with Gasteiger partial charge in [-0.25, -0.2) is 4.98 Å². The van der Waals surface area contributed by atoms with Crippen molar-refractivity contribution < 1.29 is 68.4 Å². The van der Waals surface area contributed by atoms with Crippen LogP contribution in [0.25, 0.3) is 0 Å². The number of nitrogens with two attached hydrogens (primary N) is 1. The zero-order valence-electron chi connectivity index (χ0n) is 10.4. The first-order valence-corrected chi connectivity index (χ1v) is 4.58. The van der Waals surface area contributed by atoms with Gasteiger partial charge in [0.05, 0.1) is 24.2 Å². The maximum absolute atomic E-state index is 10.2. The molecule has 22 heavy (non-hydrogen) atoms. The van der Waals surface area contributed by atoms with Gasteiger partial charge in [0.25, 0.3) is 0 Å². The molecule has 1 unspecified atom stereocenters. The van der Waals surface area contributed by atoms with Gasteiger partial charge in [0.1, 0.15) is 0 Å². The molecule has 0 aliphatic heterocycles. The fourth-order valence-electron chi connectivity index (χ4n) is 0.717. The van der Waals surface area contributed by atoms with Crippen molar-refractivity contribution in [2.24, 2.45) is 11.1 Å². The molecule has 1 aromatic rings. The topological polar surface area (TPSA) is 225 Å². The predicted molar refractivity (Wildman–Crippen MR) is 52.9 cm³/mol. The van der Waals surface area contributed by atoms with E-state index in [0.717, 1.165) is 0 Å². The van der Waals surface area contributed by atoms with E-state index in [1.807, 2.05) is 0 Å². The Morgan fingerprint density at radius 3 is 1.95 bits per heavy atom. The average Bonchev–Trinajstić information content (AvgIpc) is 2.83. The van der Waals surface area contributed by atoms with E-state index in [4.69, 9.17) is 35.7 Å². The van der Waals surface area contributed by atoms with Crippen molar-refractivity contribution in [2.75, 3.05) is 0 Å². The average molecular weight is 520 g/mol. The fourth-order valence-corrected chi connectivity index (χ4v) is 0.717. The summed E-state index contributed by atoms with van der Waals surface area (Å²) >= 11 is 0. The Hall–Kier alpha value is -2.04. The molecule has 12 nitrogen and oxygen atoms in total. The molecule has 0 spiro atoms. The number of aliphatic carboxylic acids is 3. The van der Waals surface area contributed by atoms with Crippen LogP contribution in [0, 0.1) is 4.91 Å². The second kappa shape index (κ2) is 17.0. The summed E-state index contributed by atoms with van der Waals surface area (Å²) in [4.78, 5) is 42.6. The van der Waals surface area contributed by atoms with Gasteiger partial charge in [-0.3, -0.25) is 0 Å². The summed E-state index contributed by atoms with van der Waals surface area (Å²) in [5, 5.41) is 35.9. The number of H-pyrrole nitrogens is 1. The van der Waals surface area contributed by atoms with Gasteiger partial charge >= 0.3 is 21.1 Å². The molecule has 0 radical (unpaired) electrons. The Labute approximate surface area is 143 Å². The minimum Gasteiger partial charge on any atom is -1.00 e. The van der Waals surface area contributed by atoms with Crippen molar-refractivity contribution in [1.29, 1.82) is 0 Å². The molecule has 0 amide bonds. The van der Waals surface area contributed by atoms with Crippen molar-refractivity contribution >= 4 is 17.9 Å². The number of hydrogen-bond acceptors (Lipinski definition) is 10. The Balaban J connectivity index is -0.000000128. The number of aromatic nitrogens is 2. The van der Waals surface area contributed by atoms with Crippen LogP contribution in [0.2, 0.25) is 0 Å². The van der Waals surface area contributed by atoms with Crippen molar-refractivity contribution in [3.8, 4) is 0 Å². The molecular formula is C8H9ClN4O8Pt. The predicted octanol–water partition coefficient (Wildman–Crippen LogP) is -8.34.